The van der Waals surface area contributed by atoms with E-state index < -0.39 is 6.04 Å². The van der Waals surface area contributed by atoms with Crippen LogP contribution in [0.15, 0.2) is 15.6 Å². The number of amides is 1. The van der Waals surface area contributed by atoms with Crippen LogP contribution in [0.3, 0.4) is 0 Å². The Morgan fingerprint density at radius 2 is 2.50 bits per heavy atom. The van der Waals surface area contributed by atoms with E-state index in [9.17, 15) is 9.59 Å². The highest BCUT2D eigenvalue weighted by Crippen LogP contribution is 2.23. The Labute approximate surface area is 124 Å². The monoisotopic (exact) mass is 344 g/mol. The normalized spacial score (nSPS) is 18.9. The third-order valence-electron chi connectivity index (χ3n) is 3.03. The van der Waals surface area contributed by atoms with Crippen LogP contribution in [0.4, 0.5) is 5.82 Å². The van der Waals surface area contributed by atoms with Gasteiger partial charge in [-0.05, 0) is 22.4 Å². The van der Waals surface area contributed by atoms with Gasteiger partial charge in [0.2, 0.25) is 5.91 Å². The van der Waals surface area contributed by atoms with Crippen molar-refractivity contribution in [1.29, 1.82) is 0 Å². The number of rotatable bonds is 4. The molecule has 0 aliphatic carbocycles. The number of carbonyl (C=O) groups excluding carboxylic acids is 1. The lowest BCUT2D eigenvalue weighted by molar-refractivity contribution is -0.124. The van der Waals surface area contributed by atoms with Crippen LogP contribution in [0.5, 0.6) is 0 Å². The molecule has 2 N–H and O–H groups in total. The van der Waals surface area contributed by atoms with E-state index in [4.69, 9.17) is 4.74 Å². The van der Waals surface area contributed by atoms with E-state index in [0.29, 0.717) is 30.0 Å². The highest BCUT2D eigenvalue weighted by Gasteiger charge is 2.31. The lowest BCUT2D eigenvalue weighted by Gasteiger charge is -2.35. The number of aromatic amines is 1. The standard InChI is InChI=1S/C12H17BrN4O3/c1-2-3-14-11(18)8-6-20-5-4-17(8)10-9(13)12(19)16-7-15-10/h7-8H,2-6H2,1H3,(H,14,18)(H,15,16,19). The maximum Gasteiger partial charge on any atom is 0.267 e. The summed E-state index contributed by atoms with van der Waals surface area (Å²) in [6.07, 6.45) is 2.20. The molecule has 0 aromatic carbocycles. The number of anilines is 1. The van der Waals surface area contributed by atoms with Crippen molar-refractivity contribution in [3.05, 3.63) is 21.2 Å². The molecule has 1 amide bonds. The molecule has 1 aliphatic rings. The third-order valence-corrected chi connectivity index (χ3v) is 3.75. The number of ether oxygens (including phenoxy) is 1. The van der Waals surface area contributed by atoms with Gasteiger partial charge >= 0.3 is 0 Å². The van der Waals surface area contributed by atoms with Crippen LogP contribution in [0.25, 0.3) is 0 Å². The first-order chi connectivity index (χ1) is 9.65. The largest absolute Gasteiger partial charge is 0.377 e. The summed E-state index contributed by atoms with van der Waals surface area (Å²) in [5.41, 5.74) is -0.269. The van der Waals surface area contributed by atoms with Crippen LogP contribution in [-0.2, 0) is 9.53 Å². The first kappa shape index (κ1) is 15.0. The maximum atomic E-state index is 12.2. The predicted octanol–water partition coefficient (Wildman–Crippen LogP) is 0.264. The SMILES string of the molecule is CCCNC(=O)C1COCCN1c1nc[nH]c(=O)c1Br. The zero-order valence-electron chi connectivity index (χ0n) is 11.2. The van der Waals surface area contributed by atoms with E-state index in [1.54, 1.807) is 4.90 Å². The number of aromatic nitrogens is 2. The van der Waals surface area contributed by atoms with Gasteiger partial charge in [-0.3, -0.25) is 9.59 Å². The Morgan fingerprint density at radius 1 is 1.70 bits per heavy atom. The zero-order valence-corrected chi connectivity index (χ0v) is 12.8. The third kappa shape index (κ3) is 3.18. The maximum absolute atomic E-state index is 12.2. The van der Waals surface area contributed by atoms with Crippen molar-refractivity contribution in [1.82, 2.24) is 15.3 Å². The van der Waals surface area contributed by atoms with Crippen LogP contribution in [0.1, 0.15) is 13.3 Å². The topological polar surface area (TPSA) is 87.3 Å². The Balaban J connectivity index is 2.24. The van der Waals surface area contributed by atoms with Crippen molar-refractivity contribution in [2.75, 3.05) is 31.2 Å². The van der Waals surface area contributed by atoms with Gasteiger partial charge in [0.15, 0.2) is 5.82 Å². The van der Waals surface area contributed by atoms with Crippen LogP contribution in [0.2, 0.25) is 0 Å². The lowest BCUT2D eigenvalue weighted by atomic mass is 10.2. The second-order valence-corrected chi connectivity index (χ2v) is 5.24. The molecule has 1 aromatic rings. The van der Waals surface area contributed by atoms with Crippen molar-refractivity contribution >= 4 is 27.7 Å². The molecule has 2 heterocycles. The van der Waals surface area contributed by atoms with Crippen molar-refractivity contribution < 1.29 is 9.53 Å². The Bertz CT molecular complexity index is 534. The average Bonchev–Trinajstić information content (AvgIpc) is 2.47. The molecule has 7 nitrogen and oxygen atoms in total. The quantitative estimate of drug-likeness (QED) is 0.818. The van der Waals surface area contributed by atoms with E-state index >= 15 is 0 Å². The summed E-state index contributed by atoms with van der Waals surface area (Å²) in [6, 6.07) is -0.471. The fourth-order valence-electron chi connectivity index (χ4n) is 2.01. The highest BCUT2D eigenvalue weighted by atomic mass is 79.9. The molecule has 1 unspecified atom stereocenters. The molecule has 2 rings (SSSR count). The molecule has 110 valence electrons. The number of hydrogen-bond acceptors (Lipinski definition) is 5. The molecule has 1 saturated heterocycles. The van der Waals surface area contributed by atoms with Crippen molar-refractivity contribution in [3.8, 4) is 0 Å². The van der Waals surface area contributed by atoms with E-state index in [-0.39, 0.29) is 18.1 Å². The van der Waals surface area contributed by atoms with Crippen molar-refractivity contribution in [2.45, 2.75) is 19.4 Å². The number of halogens is 1. The minimum atomic E-state index is -0.471. The molecular formula is C12H17BrN4O3. The number of nitrogens with one attached hydrogen (secondary N) is 2. The molecule has 8 heteroatoms. The van der Waals surface area contributed by atoms with Gasteiger partial charge in [-0.1, -0.05) is 6.92 Å². The van der Waals surface area contributed by atoms with Gasteiger partial charge in [-0.15, -0.1) is 0 Å². The van der Waals surface area contributed by atoms with Gasteiger partial charge in [0.05, 0.1) is 19.5 Å². The van der Waals surface area contributed by atoms with Gasteiger partial charge in [0.1, 0.15) is 10.5 Å². The van der Waals surface area contributed by atoms with Crippen LogP contribution < -0.4 is 15.8 Å². The summed E-state index contributed by atoms with van der Waals surface area (Å²) in [6.45, 7) is 3.91. The number of hydrogen-bond donors (Lipinski definition) is 2. The fraction of sp³-hybridized carbons (Fsp3) is 0.583. The summed E-state index contributed by atoms with van der Waals surface area (Å²) in [5, 5.41) is 2.85. The molecule has 0 bridgehead atoms. The average molecular weight is 345 g/mol. The van der Waals surface area contributed by atoms with E-state index in [1.165, 1.54) is 6.33 Å². The van der Waals surface area contributed by atoms with Crippen LogP contribution >= 0.6 is 15.9 Å². The number of morpholine rings is 1. The van der Waals surface area contributed by atoms with Crippen LogP contribution in [-0.4, -0.2) is 48.2 Å². The highest BCUT2D eigenvalue weighted by molar-refractivity contribution is 9.10. The molecule has 20 heavy (non-hydrogen) atoms. The van der Waals surface area contributed by atoms with Gasteiger partial charge in [-0.2, -0.15) is 0 Å². The number of carbonyl (C=O) groups is 1. The second kappa shape index (κ2) is 6.85. The molecule has 1 fully saturated rings. The molecule has 1 atom stereocenters. The Kier molecular flexibility index (Phi) is 5.13. The second-order valence-electron chi connectivity index (χ2n) is 4.44. The lowest BCUT2D eigenvalue weighted by Crippen LogP contribution is -2.54. The summed E-state index contributed by atoms with van der Waals surface area (Å²) in [5.74, 6) is 0.356. The van der Waals surface area contributed by atoms with E-state index in [2.05, 4.69) is 31.2 Å². The fourth-order valence-corrected chi connectivity index (χ4v) is 2.46. The molecule has 1 aromatic heterocycles. The van der Waals surface area contributed by atoms with Gasteiger partial charge in [-0.25, -0.2) is 4.98 Å². The molecule has 0 saturated carbocycles. The summed E-state index contributed by atoms with van der Waals surface area (Å²) in [4.78, 5) is 32.3. The van der Waals surface area contributed by atoms with E-state index in [1.807, 2.05) is 6.92 Å². The Morgan fingerprint density at radius 3 is 3.25 bits per heavy atom. The zero-order chi connectivity index (χ0) is 14.5. The van der Waals surface area contributed by atoms with Gasteiger partial charge in [0, 0.05) is 13.1 Å². The molecule has 1 aliphatic heterocycles. The van der Waals surface area contributed by atoms with E-state index in [0.717, 1.165) is 6.42 Å². The number of H-pyrrole nitrogens is 1. The first-order valence-corrected chi connectivity index (χ1v) is 7.29. The summed E-state index contributed by atoms with van der Waals surface area (Å²) in [7, 11) is 0. The minimum Gasteiger partial charge on any atom is -0.377 e. The molecular weight excluding hydrogens is 328 g/mol. The summed E-state index contributed by atoms with van der Waals surface area (Å²) < 4.78 is 5.70. The van der Waals surface area contributed by atoms with Crippen molar-refractivity contribution in [2.24, 2.45) is 0 Å². The van der Waals surface area contributed by atoms with Crippen LogP contribution in [0, 0.1) is 0 Å². The smallest absolute Gasteiger partial charge is 0.267 e. The Hall–Kier alpha value is -1.41. The van der Waals surface area contributed by atoms with Gasteiger partial charge in [0.25, 0.3) is 5.56 Å². The predicted molar refractivity (Wildman–Crippen MR) is 77.8 cm³/mol. The van der Waals surface area contributed by atoms with Gasteiger partial charge < -0.3 is 19.9 Å². The number of nitrogens with zero attached hydrogens (tertiary/aromatic N) is 2. The van der Waals surface area contributed by atoms with Crippen molar-refractivity contribution in [3.63, 3.8) is 0 Å². The molecule has 0 spiro atoms. The first-order valence-electron chi connectivity index (χ1n) is 6.50. The summed E-state index contributed by atoms with van der Waals surface area (Å²) >= 11 is 3.22. The minimum absolute atomic E-state index is 0.111. The molecule has 0 radical (unpaired) electrons.